The average molecular weight is 485 g/mol. The number of carboxylic acid groups (broad SMARTS) is 1. The van der Waals surface area contributed by atoms with Gasteiger partial charge in [0.05, 0.1) is 5.56 Å². The van der Waals surface area contributed by atoms with Gasteiger partial charge < -0.3 is 10.4 Å². The Kier molecular flexibility index (Phi) is 5.99. The molecule has 3 heterocycles. The van der Waals surface area contributed by atoms with Gasteiger partial charge in [-0.15, -0.1) is 22.0 Å². The number of amides is 2. The third-order valence-electron chi connectivity index (χ3n) is 4.61. The minimum atomic E-state index is -1.31. The summed E-state index contributed by atoms with van der Waals surface area (Å²) in [7, 11) is 0. The number of aromatic nitrogens is 2. The van der Waals surface area contributed by atoms with E-state index in [0.29, 0.717) is 21.4 Å². The molecule has 1 saturated heterocycles. The van der Waals surface area contributed by atoms with Crippen molar-refractivity contribution >= 4 is 52.6 Å². The Hall–Kier alpha value is -2.51. The number of β-lactam (4-membered cyclic amide) rings is 1. The highest BCUT2D eigenvalue weighted by Crippen LogP contribution is 2.41. The Morgan fingerprint density at radius 2 is 2.13 bits per heavy atom. The highest BCUT2D eigenvalue weighted by Gasteiger charge is 2.54. The number of rotatable bonds is 6. The van der Waals surface area contributed by atoms with Crippen molar-refractivity contribution in [2.45, 2.75) is 22.7 Å². The second kappa shape index (κ2) is 8.55. The lowest BCUT2D eigenvalue weighted by Crippen LogP contribution is -2.70. The van der Waals surface area contributed by atoms with E-state index in [1.807, 2.05) is 6.92 Å². The molecule has 4 rings (SSSR count). The third kappa shape index (κ3) is 4.04. The molecule has 2 atom stereocenters. The molecule has 0 aliphatic carbocycles. The van der Waals surface area contributed by atoms with Crippen LogP contribution in [0.15, 0.2) is 33.8 Å². The standard InChI is InChI=1S/C18H14F2N4O4S3/c1-7-22-23-18(31-7)30-6-8-5-29-16-12(15(26)24(16)13(8)17(27)28)21-14(25)9-3-2-4-10(19)11(9)20/h2-4,12,16H,5-6H2,1H3,(H,21,25)(H,27,28)/t12-,16-/m1/s1. The Morgan fingerprint density at radius 1 is 1.35 bits per heavy atom. The minimum Gasteiger partial charge on any atom is -0.477 e. The maximum atomic E-state index is 13.9. The first kappa shape index (κ1) is 21.7. The molecule has 2 aliphatic rings. The number of aliphatic carboxylic acids is 1. The summed E-state index contributed by atoms with van der Waals surface area (Å²) in [5.74, 6) is -4.63. The van der Waals surface area contributed by atoms with E-state index in [9.17, 15) is 28.3 Å². The fourth-order valence-electron chi connectivity index (χ4n) is 3.18. The molecule has 2 N–H and O–H groups in total. The SMILES string of the molecule is Cc1nnc(SCC2=C(C(=O)O)N3C(=O)[C@@H](NC(=O)c4cccc(F)c4F)[C@H]3SC2)s1. The molecule has 2 aliphatic heterocycles. The van der Waals surface area contributed by atoms with Crippen molar-refractivity contribution < 1.29 is 28.3 Å². The number of nitrogens with one attached hydrogen (secondary N) is 1. The first-order valence-corrected chi connectivity index (χ1v) is 11.7. The van der Waals surface area contributed by atoms with Crippen LogP contribution in [-0.2, 0) is 9.59 Å². The summed E-state index contributed by atoms with van der Waals surface area (Å²) in [6.07, 6.45) is 0. The molecule has 2 amide bonds. The number of nitrogens with zero attached hydrogens (tertiary/aromatic N) is 3. The van der Waals surface area contributed by atoms with Gasteiger partial charge in [-0.2, -0.15) is 0 Å². The first-order chi connectivity index (χ1) is 14.8. The van der Waals surface area contributed by atoms with Crippen LogP contribution >= 0.6 is 34.9 Å². The molecule has 0 radical (unpaired) electrons. The van der Waals surface area contributed by atoms with E-state index in [4.69, 9.17) is 0 Å². The molecule has 162 valence electrons. The van der Waals surface area contributed by atoms with E-state index in [1.54, 1.807) is 0 Å². The summed E-state index contributed by atoms with van der Waals surface area (Å²) in [6.45, 7) is 1.81. The lowest BCUT2D eigenvalue weighted by Gasteiger charge is -2.49. The zero-order chi connectivity index (χ0) is 22.3. The summed E-state index contributed by atoms with van der Waals surface area (Å²) in [6, 6.07) is 2.14. The fourth-order valence-corrected chi connectivity index (χ4v) is 6.48. The number of fused-ring (bicyclic) bond motifs is 1. The monoisotopic (exact) mass is 484 g/mol. The summed E-state index contributed by atoms with van der Waals surface area (Å²) in [5, 5.41) is 20.1. The van der Waals surface area contributed by atoms with E-state index < -0.39 is 46.4 Å². The number of benzene rings is 1. The average Bonchev–Trinajstić information content (AvgIpc) is 3.16. The maximum Gasteiger partial charge on any atom is 0.352 e. The smallest absolute Gasteiger partial charge is 0.352 e. The topological polar surface area (TPSA) is 112 Å². The van der Waals surface area contributed by atoms with Gasteiger partial charge in [-0.3, -0.25) is 14.5 Å². The molecule has 0 unspecified atom stereocenters. The van der Waals surface area contributed by atoms with Crippen LogP contribution < -0.4 is 5.32 Å². The summed E-state index contributed by atoms with van der Waals surface area (Å²) in [5.41, 5.74) is -0.0867. The molecule has 2 aromatic rings. The molecular weight excluding hydrogens is 470 g/mol. The number of carboxylic acids is 1. The molecule has 1 fully saturated rings. The number of thioether (sulfide) groups is 2. The molecule has 1 aromatic carbocycles. The Morgan fingerprint density at radius 3 is 2.81 bits per heavy atom. The number of halogens is 2. The van der Waals surface area contributed by atoms with Crippen molar-refractivity contribution in [2.24, 2.45) is 0 Å². The predicted octanol–water partition coefficient (Wildman–Crippen LogP) is 2.27. The lowest BCUT2D eigenvalue weighted by atomic mass is 10.0. The van der Waals surface area contributed by atoms with Crippen LogP contribution in [-0.4, -0.2) is 60.9 Å². The molecule has 1 aromatic heterocycles. The molecule has 13 heteroatoms. The van der Waals surface area contributed by atoms with Crippen molar-refractivity contribution in [3.8, 4) is 0 Å². The largest absolute Gasteiger partial charge is 0.477 e. The molecule has 8 nitrogen and oxygen atoms in total. The van der Waals surface area contributed by atoms with Gasteiger partial charge in [-0.05, 0) is 24.6 Å². The Balaban J connectivity index is 1.50. The van der Waals surface area contributed by atoms with Crippen LogP contribution in [0, 0.1) is 18.6 Å². The number of aryl methyl sites for hydroxylation is 1. The fraction of sp³-hybridized carbons (Fsp3) is 0.278. The summed E-state index contributed by atoms with van der Waals surface area (Å²) >= 11 is 4.02. The normalized spacial score (nSPS) is 20.4. The first-order valence-electron chi connectivity index (χ1n) is 8.85. The van der Waals surface area contributed by atoms with Crippen LogP contribution in [0.1, 0.15) is 15.4 Å². The van der Waals surface area contributed by atoms with Crippen LogP contribution in [0.5, 0.6) is 0 Å². The summed E-state index contributed by atoms with van der Waals surface area (Å²) in [4.78, 5) is 38.0. The van der Waals surface area contributed by atoms with Gasteiger partial charge in [0.2, 0.25) is 0 Å². The second-order valence-electron chi connectivity index (χ2n) is 6.60. The second-order valence-corrected chi connectivity index (χ2v) is 10.1. The van der Waals surface area contributed by atoms with Gasteiger partial charge in [0.15, 0.2) is 16.0 Å². The van der Waals surface area contributed by atoms with Crippen LogP contribution in [0.3, 0.4) is 0 Å². The van der Waals surface area contributed by atoms with Crippen molar-refractivity contribution in [3.05, 3.63) is 51.7 Å². The third-order valence-corrected chi connectivity index (χ3v) is 8.01. The van der Waals surface area contributed by atoms with Crippen LogP contribution in [0.4, 0.5) is 8.78 Å². The lowest BCUT2D eigenvalue weighted by molar-refractivity contribution is -0.148. The number of carbonyl (C=O) groups excluding carboxylic acids is 2. The highest BCUT2D eigenvalue weighted by atomic mass is 32.2. The van der Waals surface area contributed by atoms with E-state index in [1.165, 1.54) is 40.9 Å². The van der Waals surface area contributed by atoms with Gasteiger partial charge in [0.1, 0.15) is 22.1 Å². The minimum absolute atomic E-state index is 0.120. The maximum absolute atomic E-state index is 13.9. The Bertz CT molecular complexity index is 1120. The zero-order valence-corrected chi connectivity index (χ0v) is 18.2. The molecule has 0 saturated carbocycles. The van der Waals surface area contributed by atoms with E-state index in [0.717, 1.165) is 22.0 Å². The molecule has 31 heavy (non-hydrogen) atoms. The van der Waals surface area contributed by atoms with Gasteiger partial charge in [0.25, 0.3) is 11.8 Å². The van der Waals surface area contributed by atoms with Crippen LogP contribution in [0.25, 0.3) is 0 Å². The van der Waals surface area contributed by atoms with E-state index in [-0.39, 0.29) is 5.70 Å². The molecule has 0 bridgehead atoms. The Labute approximate surface area is 187 Å². The van der Waals surface area contributed by atoms with E-state index >= 15 is 0 Å². The van der Waals surface area contributed by atoms with Gasteiger partial charge in [-0.1, -0.05) is 29.2 Å². The highest BCUT2D eigenvalue weighted by molar-refractivity contribution is 8.01. The van der Waals surface area contributed by atoms with Crippen molar-refractivity contribution in [3.63, 3.8) is 0 Å². The number of hydrogen-bond donors (Lipinski definition) is 2. The number of carbonyl (C=O) groups is 3. The zero-order valence-electron chi connectivity index (χ0n) is 15.8. The van der Waals surface area contributed by atoms with Crippen molar-refractivity contribution in [1.29, 1.82) is 0 Å². The summed E-state index contributed by atoms with van der Waals surface area (Å²) < 4.78 is 27.9. The quantitative estimate of drug-likeness (QED) is 0.474. The van der Waals surface area contributed by atoms with E-state index in [2.05, 4.69) is 15.5 Å². The molecular formula is C18H14F2N4O4S3. The van der Waals surface area contributed by atoms with Crippen molar-refractivity contribution in [1.82, 2.24) is 20.4 Å². The van der Waals surface area contributed by atoms with Gasteiger partial charge in [0, 0.05) is 11.5 Å². The van der Waals surface area contributed by atoms with Crippen molar-refractivity contribution in [2.75, 3.05) is 11.5 Å². The predicted molar refractivity (Wildman–Crippen MR) is 111 cm³/mol. The number of hydrogen-bond acceptors (Lipinski definition) is 8. The van der Waals surface area contributed by atoms with Gasteiger partial charge >= 0.3 is 5.97 Å². The van der Waals surface area contributed by atoms with Crippen LogP contribution in [0.2, 0.25) is 0 Å². The molecule has 0 spiro atoms. The van der Waals surface area contributed by atoms with Gasteiger partial charge in [-0.25, -0.2) is 13.6 Å².